The third-order valence-electron chi connectivity index (χ3n) is 1.84. The molecule has 1 aromatic heterocycles. The van der Waals surface area contributed by atoms with E-state index in [0.717, 1.165) is 24.4 Å². The van der Waals surface area contributed by atoms with E-state index in [0.29, 0.717) is 0 Å². The Bertz CT molecular complexity index is 659. The zero-order chi connectivity index (χ0) is 17.2. The molecule has 0 atom stereocenters. The Morgan fingerprint density at radius 3 is 1.78 bits per heavy atom. The smallest absolute Gasteiger partial charge is 0.139 e. The second-order valence-corrected chi connectivity index (χ2v) is 5.78. The molecule has 23 heavy (non-hydrogen) atoms. The van der Waals surface area contributed by atoms with E-state index in [1.165, 1.54) is 6.07 Å². The maximum absolute atomic E-state index is 13.2. The quantitative estimate of drug-likeness (QED) is 0.232. The molecule has 0 aliphatic rings. The summed E-state index contributed by atoms with van der Waals surface area (Å²) in [6.07, 6.45) is 0.964. The Balaban J connectivity index is 0.000000522. The summed E-state index contributed by atoms with van der Waals surface area (Å²) >= 11 is 0. The first-order valence-corrected chi connectivity index (χ1v) is 7.20. The van der Waals surface area contributed by atoms with E-state index < -0.39 is 25.3 Å². The van der Waals surface area contributed by atoms with Crippen molar-refractivity contribution in [3.8, 4) is 11.3 Å². The molecule has 0 N–H and O–H groups in total. The maximum atomic E-state index is 13.2. The summed E-state index contributed by atoms with van der Waals surface area (Å²) in [7, 11) is -10.7. The minimum atomic E-state index is -10.7. The van der Waals surface area contributed by atoms with Gasteiger partial charge in [-0.1, -0.05) is 17.7 Å². The van der Waals surface area contributed by atoms with Gasteiger partial charge in [0, 0.05) is 31.7 Å². The first kappa shape index (κ1) is 21.8. The summed E-state index contributed by atoms with van der Waals surface area (Å²) in [4.78, 5) is 3.67. The standard InChI is InChI=1S/C11H5F3N.F6P.Ir/c12-7-1-3-9(10(14)5-7)11-4-2-8(13)6-15-11;1-7(2,3,4,5)6;/h1-2,4-6H;;/q2*-1;. The molecule has 0 saturated heterocycles. The van der Waals surface area contributed by atoms with E-state index in [1.54, 1.807) is 0 Å². The molecule has 133 valence electrons. The summed E-state index contributed by atoms with van der Waals surface area (Å²) in [5.41, 5.74) is 0.241. The third kappa shape index (κ3) is 11.1. The van der Waals surface area contributed by atoms with Gasteiger partial charge >= 0.3 is 33.0 Å². The number of hydrogen-bond acceptors (Lipinski definition) is 1. The molecule has 0 aliphatic carbocycles. The van der Waals surface area contributed by atoms with Crippen molar-refractivity contribution in [3.05, 3.63) is 54.0 Å². The predicted octanol–water partition coefficient (Wildman–Crippen LogP) is 6.35. The summed E-state index contributed by atoms with van der Waals surface area (Å²) in [6, 6.07) is 6.60. The number of benzene rings is 1. The van der Waals surface area contributed by atoms with E-state index in [2.05, 4.69) is 11.1 Å². The molecule has 12 heteroatoms. The second-order valence-electron chi connectivity index (χ2n) is 3.86. The van der Waals surface area contributed by atoms with E-state index >= 15 is 0 Å². The molecular weight excluding hydrogens is 540 g/mol. The summed E-state index contributed by atoms with van der Waals surface area (Å²) in [6.45, 7) is 0. The van der Waals surface area contributed by atoms with Crippen molar-refractivity contribution >= 4 is 7.81 Å². The van der Waals surface area contributed by atoms with Crippen LogP contribution in [0.1, 0.15) is 0 Å². The van der Waals surface area contributed by atoms with Gasteiger partial charge in [-0.2, -0.15) is 0 Å². The van der Waals surface area contributed by atoms with Crippen molar-refractivity contribution in [1.29, 1.82) is 0 Å². The van der Waals surface area contributed by atoms with Crippen molar-refractivity contribution in [2.24, 2.45) is 0 Å². The molecule has 1 aromatic carbocycles. The topological polar surface area (TPSA) is 12.9 Å². The Hall–Kier alpha value is -1.18. The van der Waals surface area contributed by atoms with Gasteiger partial charge in [0.2, 0.25) is 0 Å². The summed E-state index contributed by atoms with van der Waals surface area (Å²) in [5, 5.41) is 0. The van der Waals surface area contributed by atoms with Gasteiger partial charge in [0.1, 0.15) is 5.82 Å². The average Bonchev–Trinajstić information content (AvgIpc) is 2.26. The molecule has 0 fully saturated rings. The molecule has 0 amide bonds. The average molecular weight is 545 g/mol. The number of hydrogen-bond donors (Lipinski definition) is 0. The fourth-order valence-electron chi connectivity index (χ4n) is 1.16. The Kier molecular flexibility index (Phi) is 6.05. The molecule has 1 radical (unpaired) electrons. The van der Waals surface area contributed by atoms with Crippen LogP contribution in [0.15, 0.2) is 30.5 Å². The van der Waals surface area contributed by atoms with Gasteiger partial charge in [0.15, 0.2) is 0 Å². The van der Waals surface area contributed by atoms with Crippen LogP contribution in [0.25, 0.3) is 11.3 Å². The molecule has 1 heterocycles. The van der Waals surface area contributed by atoms with Crippen molar-refractivity contribution in [2.45, 2.75) is 0 Å². The van der Waals surface area contributed by atoms with Crippen molar-refractivity contribution < 1.29 is 58.5 Å². The van der Waals surface area contributed by atoms with Crippen LogP contribution in [-0.2, 0) is 20.1 Å². The number of halogens is 9. The second kappa shape index (κ2) is 6.37. The van der Waals surface area contributed by atoms with Gasteiger partial charge in [-0.25, -0.2) is 4.39 Å². The van der Waals surface area contributed by atoms with E-state index in [9.17, 15) is 38.4 Å². The summed E-state index contributed by atoms with van der Waals surface area (Å²) in [5.74, 6) is -1.99. The van der Waals surface area contributed by atoms with E-state index in [1.807, 2.05) is 0 Å². The molecule has 0 saturated carbocycles. The van der Waals surface area contributed by atoms with Gasteiger partial charge in [-0.15, -0.1) is 12.1 Å². The van der Waals surface area contributed by atoms with Crippen molar-refractivity contribution in [3.63, 3.8) is 0 Å². The van der Waals surface area contributed by atoms with Crippen LogP contribution >= 0.6 is 7.81 Å². The molecule has 0 bridgehead atoms. The third-order valence-corrected chi connectivity index (χ3v) is 1.84. The van der Waals surface area contributed by atoms with Crippen LogP contribution in [0.2, 0.25) is 0 Å². The van der Waals surface area contributed by atoms with Gasteiger partial charge in [-0.3, -0.25) is 8.78 Å². The van der Waals surface area contributed by atoms with Crippen LogP contribution in [0.4, 0.5) is 38.4 Å². The van der Waals surface area contributed by atoms with Crippen LogP contribution in [0.3, 0.4) is 0 Å². The minimum absolute atomic E-state index is 0. The van der Waals surface area contributed by atoms with Crippen molar-refractivity contribution in [1.82, 2.24) is 4.98 Å². The van der Waals surface area contributed by atoms with Crippen LogP contribution in [-0.4, -0.2) is 4.98 Å². The number of nitrogens with zero attached hydrogens (tertiary/aromatic N) is 1. The number of pyridine rings is 1. The Morgan fingerprint density at radius 2 is 1.39 bits per heavy atom. The van der Waals surface area contributed by atoms with Crippen LogP contribution in [0.5, 0.6) is 0 Å². The van der Waals surface area contributed by atoms with Crippen LogP contribution in [0, 0.1) is 23.5 Å². The normalized spacial score (nSPS) is 13.8. The zero-order valence-corrected chi connectivity index (χ0v) is 13.8. The monoisotopic (exact) mass is 546 g/mol. The molecule has 0 unspecified atom stereocenters. The SMILES string of the molecule is F[P-](F)(F)(F)(F)F.Fc1ccc(-c2[c-]cc(F)cc2F)nc1.[Ir]. The number of aromatic nitrogens is 1. The van der Waals surface area contributed by atoms with Crippen LogP contribution < -0.4 is 0 Å². The minimum Gasteiger partial charge on any atom is -0.302 e. The number of rotatable bonds is 1. The molecule has 2 aromatic rings. The molecule has 0 aliphatic heterocycles. The first-order chi connectivity index (χ1) is 9.61. The molecular formula is C11H5F9IrNP-2. The van der Waals surface area contributed by atoms with E-state index in [-0.39, 0.29) is 31.4 Å². The summed E-state index contributed by atoms with van der Waals surface area (Å²) < 4.78 is 97.5. The maximum Gasteiger partial charge on any atom is 0.139 e. The van der Waals surface area contributed by atoms with Crippen molar-refractivity contribution in [2.75, 3.05) is 0 Å². The fraction of sp³-hybridized carbons (Fsp3) is 0. The van der Waals surface area contributed by atoms with Gasteiger partial charge < -0.3 is 4.98 Å². The predicted molar refractivity (Wildman–Crippen MR) is 62.0 cm³/mol. The molecule has 2 rings (SSSR count). The molecule has 1 nitrogen and oxygen atoms in total. The first-order valence-electron chi connectivity index (χ1n) is 5.17. The van der Waals surface area contributed by atoms with Gasteiger partial charge in [0.05, 0.1) is 6.20 Å². The Morgan fingerprint density at radius 1 is 0.870 bits per heavy atom. The van der Waals surface area contributed by atoms with E-state index in [4.69, 9.17) is 0 Å². The Labute approximate surface area is 137 Å². The van der Waals surface area contributed by atoms with Gasteiger partial charge in [-0.05, 0) is 11.8 Å². The van der Waals surface area contributed by atoms with Gasteiger partial charge in [0.25, 0.3) is 0 Å². The largest absolute Gasteiger partial charge is 0.302 e. The molecule has 0 spiro atoms. The zero-order valence-electron chi connectivity index (χ0n) is 10.5. The fourth-order valence-corrected chi connectivity index (χ4v) is 1.16.